The van der Waals surface area contributed by atoms with E-state index in [1.54, 1.807) is 7.11 Å². The van der Waals surface area contributed by atoms with E-state index in [2.05, 4.69) is 24.3 Å². The predicted octanol–water partition coefficient (Wildman–Crippen LogP) is 0.729. The fourth-order valence-electron chi connectivity index (χ4n) is 1.93. The maximum absolute atomic E-state index is 5.83. The van der Waals surface area contributed by atoms with E-state index in [0.717, 1.165) is 13.1 Å². The van der Waals surface area contributed by atoms with E-state index in [1.165, 1.54) is 19.3 Å². The predicted molar refractivity (Wildman–Crippen MR) is 62.5 cm³/mol. The van der Waals surface area contributed by atoms with Gasteiger partial charge >= 0.3 is 0 Å². The first-order chi connectivity index (χ1) is 7.12. The van der Waals surface area contributed by atoms with Crippen LogP contribution in [0.5, 0.6) is 0 Å². The van der Waals surface area contributed by atoms with Crippen LogP contribution in [0.2, 0.25) is 0 Å². The average molecular weight is 215 g/mol. The lowest BCUT2D eigenvalue weighted by Gasteiger charge is -2.41. The molecule has 0 aromatic carbocycles. The second-order valence-electron chi connectivity index (χ2n) is 4.66. The van der Waals surface area contributed by atoms with Crippen LogP contribution < -0.4 is 11.2 Å². The number of hydrazine groups is 1. The molecule has 0 aromatic rings. The maximum atomic E-state index is 5.83. The van der Waals surface area contributed by atoms with Crippen LogP contribution in [0.3, 0.4) is 0 Å². The van der Waals surface area contributed by atoms with Gasteiger partial charge in [0.25, 0.3) is 0 Å². The van der Waals surface area contributed by atoms with Gasteiger partial charge in [0, 0.05) is 26.7 Å². The van der Waals surface area contributed by atoms with E-state index in [9.17, 15) is 0 Å². The molecule has 1 rings (SSSR count). The highest BCUT2D eigenvalue weighted by Gasteiger charge is 2.31. The van der Waals surface area contributed by atoms with Gasteiger partial charge in [-0.15, -0.1) is 0 Å². The molecular formula is C11H25N3O. The molecule has 1 saturated heterocycles. The van der Waals surface area contributed by atoms with Gasteiger partial charge in [-0.1, -0.05) is 6.42 Å². The van der Waals surface area contributed by atoms with Crippen molar-refractivity contribution in [1.29, 1.82) is 0 Å². The van der Waals surface area contributed by atoms with Crippen LogP contribution in [0.1, 0.15) is 33.1 Å². The highest BCUT2D eigenvalue weighted by atomic mass is 16.5. The molecule has 0 amide bonds. The molecule has 3 N–H and O–H groups in total. The van der Waals surface area contributed by atoms with E-state index < -0.39 is 0 Å². The Hall–Kier alpha value is -0.160. The summed E-state index contributed by atoms with van der Waals surface area (Å²) in [4.78, 5) is 0. The van der Waals surface area contributed by atoms with Crippen molar-refractivity contribution in [3.05, 3.63) is 0 Å². The summed E-state index contributed by atoms with van der Waals surface area (Å²) in [6.07, 6.45) is 4.01. The van der Waals surface area contributed by atoms with Crippen molar-refractivity contribution in [1.82, 2.24) is 10.4 Å². The largest absolute Gasteiger partial charge is 0.380 e. The second kappa shape index (κ2) is 5.80. The second-order valence-corrected chi connectivity index (χ2v) is 4.66. The highest BCUT2D eigenvalue weighted by molar-refractivity contribution is 4.89. The summed E-state index contributed by atoms with van der Waals surface area (Å²) in [5.74, 6) is 0. The molecule has 0 bridgehead atoms. The van der Waals surface area contributed by atoms with Gasteiger partial charge in [-0.25, -0.2) is 10.4 Å². The molecule has 1 aliphatic rings. The Morgan fingerprint density at radius 3 is 2.47 bits per heavy atom. The number of rotatable bonds is 5. The number of piperidine rings is 1. The molecule has 0 spiro atoms. The Labute approximate surface area is 93.1 Å². The van der Waals surface area contributed by atoms with Crippen molar-refractivity contribution in [2.24, 2.45) is 5.73 Å². The van der Waals surface area contributed by atoms with Crippen LogP contribution in [0.25, 0.3) is 0 Å². The summed E-state index contributed by atoms with van der Waals surface area (Å²) < 4.78 is 5.38. The standard InChI is InChI=1S/C11H25N3O/c1-10(15-3)11(2,9-12)13-14-7-5-4-6-8-14/h10,13H,4-9,12H2,1-3H3. The van der Waals surface area contributed by atoms with Crippen molar-refractivity contribution in [3.63, 3.8) is 0 Å². The van der Waals surface area contributed by atoms with E-state index in [-0.39, 0.29) is 11.6 Å². The third-order valence-electron chi connectivity index (χ3n) is 3.44. The molecule has 1 fully saturated rings. The summed E-state index contributed by atoms with van der Waals surface area (Å²) in [7, 11) is 1.73. The minimum Gasteiger partial charge on any atom is -0.380 e. The molecule has 2 unspecified atom stereocenters. The van der Waals surface area contributed by atoms with Gasteiger partial charge in [-0.05, 0) is 26.7 Å². The number of nitrogens with two attached hydrogens (primary N) is 1. The monoisotopic (exact) mass is 215 g/mol. The Kier molecular flexibility index (Phi) is 4.99. The van der Waals surface area contributed by atoms with Gasteiger partial charge in [-0.2, -0.15) is 0 Å². The molecule has 4 heteroatoms. The number of methoxy groups -OCH3 is 1. The first kappa shape index (κ1) is 12.9. The first-order valence-corrected chi connectivity index (χ1v) is 5.88. The van der Waals surface area contributed by atoms with Crippen LogP contribution in [-0.2, 0) is 4.74 Å². The Balaban J connectivity index is 2.50. The molecule has 0 radical (unpaired) electrons. The maximum Gasteiger partial charge on any atom is 0.0747 e. The summed E-state index contributed by atoms with van der Waals surface area (Å²) in [5.41, 5.74) is 9.19. The molecule has 0 saturated carbocycles. The summed E-state index contributed by atoms with van der Waals surface area (Å²) in [5, 5.41) is 2.28. The van der Waals surface area contributed by atoms with Crippen molar-refractivity contribution < 1.29 is 4.74 Å². The molecule has 0 aliphatic carbocycles. The molecule has 1 heterocycles. The third-order valence-corrected chi connectivity index (χ3v) is 3.44. The van der Waals surface area contributed by atoms with Crippen molar-refractivity contribution in [2.45, 2.75) is 44.8 Å². The average Bonchev–Trinajstić information content (AvgIpc) is 2.29. The van der Waals surface area contributed by atoms with Crippen molar-refractivity contribution in [2.75, 3.05) is 26.7 Å². The van der Waals surface area contributed by atoms with E-state index in [4.69, 9.17) is 10.5 Å². The SMILES string of the molecule is COC(C)C(C)(CN)NN1CCCCC1. The van der Waals surface area contributed by atoms with Gasteiger partial charge in [0.15, 0.2) is 0 Å². The lowest BCUT2D eigenvalue weighted by atomic mass is 9.96. The zero-order valence-electron chi connectivity index (χ0n) is 10.3. The van der Waals surface area contributed by atoms with Crippen LogP contribution >= 0.6 is 0 Å². The Morgan fingerprint density at radius 2 is 2.00 bits per heavy atom. The number of nitrogens with one attached hydrogen (secondary N) is 1. The fraction of sp³-hybridized carbons (Fsp3) is 1.00. The van der Waals surface area contributed by atoms with Gasteiger partial charge in [-0.3, -0.25) is 0 Å². The molecule has 90 valence electrons. The normalized spacial score (nSPS) is 24.8. The van der Waals surface area contributed by atoms with E-state index >= 15 is 0 Å². The number of hydrogen-bond donors (Lipinski definition) is 2. The van der Waals surface area contributed by atoms with Crippen LogP contribution in [-0.4, -0.2) is 43.4 Å². The minimum absolute atomic E-state index is 0.115. The third kappa shape index (κ3) is 3.41. The number of nitrogens with zero attached hydrogens (tertiary/aromatic N) is 1. The lowest BCUT2D eigenvalue weighted by molar-refractivity contribution is -0.0103. The summed E-state index contributed by atoms with van der Waals surface area (Å²) >= 11 is 0. The first-order valence-electron chi connectivity index (χ1n) is 5.88. The van der Waals surface area contributed by atoms with E-state index in [0.29, 0.717) is 6.54 Å². The van der Waals surface area contributed by atoms with Crippen molar-refractivity contribution in [3.8, 4) is 0 Å². The molecule has 1 aliphatic heterocycles. The molecule has 4 nitrogen and oxygen atoms in total. The summed E-state index contributed by atoms with van der Waals surface area (Å²) in [6.45, 7) is 7.00. The van der Waals surface area contributed by atoms with Crippen LogP contribution in [0.4, 0.5) is 0 Å². The highest BCUT2D eigenvalue weighted by Crippen LogP contribution is 2.15. The molecular weight excluding hydrogens is 190 g/mol. The quantitative estimate of drug-likeness (QED) is 0.710. The zero-order chi connectivity index (χ0) is 11.3. The van der Waals surface area contributed by atoms with Gasteiger partial charge in [0.1, 0.15) is 0 Å². The summed E-state index contributed by atoms with van der Waals surface area (Å²) in [6, 6.07) is 0. The minimum atomic E-state index is -0.161. The van der Waals surface area contributed by atoms with Gasteiger partial charge in [0.05, 0.1) is 11.6 Å². The number of hydrogen-bond acceptors (Lipinski definition) is 4. The zero-order valence-corrected chi connectivity index (χ0v) is 10.3. The van der Waals surface area contributed by atoms with Gasteiger partial charge in [0.2, 0.25) is 0 Å². The molecule has 0 aromatic heterocycles. The molecule has 15 heavy (non-hydrogen) atoms. The van der Waals surface area contributed by atoms with Crippen LogP contribution in [0, 0.1) is 0 Å². The number of ether oxygens (including phenoxy) is 1. The molecule has 2 atom stereocenters. The van der Waals surface area contributed by atoms with E-state index in [1.807, 2.05) is 0 Å². The Morgan fingerprint density at radius 1 is 1.40 bits per heavy atom. The Bertz CT molecular complexity index is 183. The lowest BCUT2D eigenvalue weighted by Crippen LogP contribution is -2.63. The smallest absolute Gasteiger partial charge is 0.0747 e. The van der Waals surface area contributed by atoms with Crippen LogP contribution in [0.15, 0.2) is 0 Å². The van der Waals surface area contributed by atoms with Gasteiger partial charge < -0.3 is 10.5 Å². The van der Waals surface area contributed by atoms with Crippen molar-refractivity contribution >= 4 is 0 Å². The fourth-order valence-corrected chi connectivity index (χ4v) is 1.93. The topological polar surface area (TPSA) is 50.5 Å².